The Kier molecular flexibility index (Phi) is 4.71. The lowest BCUT2D eigenvalue weighted by Gasteiger charge is -2.40. The van der Waals surface area contributed by atoms with E-state index >= 15 is 0 Å². The van der Waals surface area contributed by atoms with Gasteiger partial charge in [-0.25, -0.2) is 0 Å². The molecular formula is C16H31NO. The number of hydrogen-bond donors (Lipinski definition) is 1. The Hall–Kier alpha value is -0.0800. The zero-order chi connectivity index (χ0) is 13.2. The maximum Gasteiger partial charge on any atom is 0.0695 e. The third-order valence-corrected chi connectivity index (χ3v) is 5.31. The summed E-state index contributed by atoms with van der Waals surface area (Å²) in [5, 5.41) is 10.3. The van der Waals surface area contributed by atoms with E-state index in [1.165, 1.54) is 51.6 Å². The van der Waals surface area contributed by atoms with Crippen LogP contribution in [0.3, 0.4) is 0 Å². The summed E-state index contributed by atoms with van der Waals surface area (Å²) >= 11 is 0. The van der Waals surface area contributed by atoms with Gasteiger partial charge in [0.05, 0.1) is 6.10 Å². The molecule has 2 rings (SSSR count). The second-order valence-electron chi connectivity index (χ2n) is 7.28. The maximum absolute atomic E-state index is 10.3. The van der Waals surface area contributed by atoms with Gasteiger partial charge >= 0.3 is 0 Å². The second kappa shape index (κ2) is 5.92. The minimum Gasteiger partial charge on any atom is -0.391 e. The molecule has 0 aromatic carbocycles. The molecule has 0 bridgehead atoms. The lowest BCUT2D eigenvalue weighted by molar-refractivity contribution is 0.00277. The average Bonchev–Trinajstić information content (AvgIpc) is 2.51. The number of aliphatic hydroxyl groups excluding tert-OH is 1. The summed E-state index contributed by atoms with van der Waals surface area (Å²) < 4.78 is 0. The summed E-state index contributed by atoms with van der Waals surface area (Å²) in [4.78, 5) is 2.60. The van der Waals surface area contributed by atoms with Gasteiger partial charge in [-0.15, -0.1) is 0 Å². The molecule has 2 fully saturated rings. The Bertz CT molecular complexity index is 264. The standard InChI is InChI=1S/C16H31NO/c1-4-13-6-7-15(18)14(12-13)17-10-5-8-16(2,3)9-11-17/h13-15,18H,4-12H2,1-3H3. The number of nitrogens with zero attached hydrogens (tertiary/aromatic N) is 1. The SMILES string of the molecule is CCC1CCC(O)C(N2CCCC(C)(C)CC2)C1. The molecule has 1 saturated carbocycles. The summed E-state index contributed by atoms with van der Waals surface area (Å²) in [6.45, 7) is 9.46. The largest absolute Gasteiger partial charge is 0.391 e. The summed E-state index contributed by atoms with van der Waals surface area (Å²) in [7, 11) is 0. The van der Waals surface area contributed by atoms with Crippen LogP contribution in [0, 0.1) is 11.3 Å². The fourth-order valence-electron chi connectivity index (χ4n) is 3.75. The first-order valence-corrected chi connectivity index (χ1v) is 7.94. The van der Waals surface area contributed by atoms with E-state index in [4.69, 9.17) is 0 Å². The van der Waals surface area contributed by atoms with Crippen LogP contribution in [-0.4, -0.2) is 35.2 Å². The fraction of sp³-hybridized carbons (Fsp3) is 1.00. The van der Waals surface area contributed by atoms with Gasteiger partial charge in [-0.2, -0.15) is 0 Å². The van der Waals surface area contributed by atoms with Crippen molar-refractivity contribution < 1.29 is 5.11 Å². The summed E-state index contributed by atoms with van der Waals surface area (Å²) in [5.74, 6) is 0.842. The van der Waals surface area contributed by atoms with E-state index in [1.807, 2.05) is 0 Å². The van der Waals surface area contributed by atoms with Crippen molar-refractivity contribution in [3.8, 4) is 0 Å². The van der Waals surface area contributed by atoms with Crippen molar-refractivity contribution in [2.24, 2.45) is 11.3 Å². The molecule has 106 valence electrons. The Morgan fingerprint density at radius 1 is 1.17 bits per heavy atom. The molecule has 3 atom stereocenters. The minimum absolute atomic E-state index is 0.0750. The lowest BCUT2D eigenvalue weighted by atomic mass is 9.81. The molecule has 1 heterocycles. The molecule has 2 heteroatoms. The molecule has 0 amide bonds. The van der Waals surface area contributed by atoms with Crippen molar-refractivity contribution in [3.63, 3.8) is 0 Å². The number of aliphatic hydroxyl groups is 1. The fourth-order valence-corrected chi connectivity index (χ4v) is 3.75. The van der Waals surface area contributed by atoms with Crippen molar-refractivity contribution in [3.05, 3.63) is 0 Å². The van der Waals surface area contributed by atoms with Gasteiger partial charge in [0.2, 0.25) is 0 Å². The van der Waals surface area contributed by atoms with E-state index in [9.17, 15) is 5.11 Å². The highest BCUT2D eigenvalue weighted by Crippen LogP contribution is 2.35. The van der Waals surface area contributed by atoms with Gasteiger partial charge in [0, 0.05) is 6.04 Å². The number of hydrogen-bond acceptors (Lipinski definition) is 2. The summed E-state index contributed by atoms with van der Waals surface area (Å²) in [6.07, 6.45) is 8.59. The molecule has 1 saturated heterocycles. The first-order valence-electron chi connectivity index (χ1n) is 7.94. The van der Waals surface area contributed by atoms with Gasteiger partial charge in [0.1, 0.15) is 0 Å². The summed E-state index contributed by atoms with van der Waals surface area (Å²) in [5.41, 5.74) is 0.499. The van der Waals surface area contributed by atoms with Crippen molar-refractivity contribution >= 4 is 0 Å². The predicted octanol–water partition coefficient (Wildman–Crippen LogP) is 3.44. The Labute approximate surface area is 113 Å². The van der Waals surface area contributed by atoms with Crippen LogP contribution in [0.1, 0.15) is 65.7 Å². The van der Waals surface area contributed by atoms with Crippen molar-refractivity contribution in [1.82, 2.24) is 4.90 Å². The molecule has 0 spiro atoms. The third-order valence-electron chi connectivity index (χ3n) is 5.31. The summed E-state index contributed by atoms with van der Waals surface area (Å²) in [6, 6.07) is 0.442. The Balaban J connectivity index is 1.96. The monoisotopic (exact) mass is 253 g/mol. The molecule has 0 radical (unpaired) electrons. The molecular weight excluding hydrogens is 222 g/mol. The van der Waals surface area contributed by atoms with Crippen LogP contribution in [0.4, 0.5) is 0 Å². The van der Waals surface area contributed by atoms with Gasteiger partial charge in [-0.05, 0) is 62.9 Å². The quantitative estimate of drug-likeness (QED) is 0.815. The molecule has 0 aromatic rings. The van der Waals surface area contributed by atoms with Crippen LogP contribution >= 0.6 is 0 Å². The predicted molar refractivity (Wildman–Crippen MR) is 76.6 cm³/mol. The molecule has 2 aliphatic rings. The maximum atomic E-state index is 10.3. The van der Waals surface area contributed by atoms with E-state index in [0.29, 0.717) is 11.5 Å². The van der Waals surface area contributed by atoms with E-state index in [-0.39, 0.29) is 6.10 Å². The van der Waals surface area contributed by atoms with Gasteiger partial charge in [0.25, 0.3) is 0 Å². The van der Waals surface area contributed by atoms with Crippen LogP contribution in [0.25, 0.3) is 0 Å². The van der Waals surface area contributed by atoms with Crippen LogP contribution in [0.15, 0.2) is 0 Å². The Morgan fingerprint density at radius 2 is 1.94 bits per heavy atom. The number of likely N-dealkylation sites (tertiary alicyclic amines) is 1. The van der Waals surface area contributed by atoms with Crippen molar-refractivity contribution in [2.45, 2.75) is 77.9 Å². The van der Waals surface area contributed by atoms with Crippen molar-refractivity contribution in [1.29, 1.82) is 0 Å². The van der Waals surface area contributed by atoms with Gasteiger partial charge in [-0.1, -0.05) is 27.2 Å². The smallest absolute Gasteiger partial charge is 0.0695 e. The molecule has 1 aliphatic carbocycles. The van der Waals surface area contributed by atoms with Crippen molar-refractivity contribution in [2.75, 3.05) is 13.1 Å². The zero-order valence-corrected chi connectivity index (χ0v) is 12.5. The molecule has 1 N–H and O–H groups in total. The second-order valence-corrected chi connectivity index (χ2v) is 7.28. The molecule has 3 unspecified atom stereocenters. The third kappa shape index (κ3) is 3.48. The highest BCUT2D eigenvalue weighted by atomic mass is 16.3. The highest BCUT2D eigenvalue weighted by Gasteiger charge is 2.34. The topological polar surface area (TPSA) is 23.5 Å². The molecule has 18 heavy (non-hydrogen) atoms. The zero-order valence-electron chi connectivity index (χ0n) is 12.5. The first-order chi connectivity index (χ1) is 8.52. The van der Waals surface area contributed by atoms with E-state index in [1.54, 1.807) is 0 Å². The van der Waals surface area contributed by atoms with Gasteiger partial charge in [-0.3, -0.25) is 4.90 Å². The first kappa shape index (κ1) is 14.3. The van der Waals surface area contributed by atoms with Crippen LogP contribution in [-0.2, 0) is 0 Å². The van der Waals surface area contributed by atoms with E-state index in [2.05, 4.69) is 25.7 Å². The highest BCUT2D eigenvalue weighted by molar-refractivity contribution is 4.88. The molecule has 1 aliphatic heterocycles. The van der Waals surface area contributed by atoms with E-state index < -0.39 is 0 Å². The lowest BCUT2D eigenvalue weighted by Crippen LogP contribution is -2.47. The van der Waals surface area contributed by atoms with E-state index in [0.717, 1.165) is 12.3 Å². The average molecular weight is 253 g/mol. The Morgan fingerprint density at radius 3 is 2.67 bits per heavy atom. The van der Waals surface area contributed by atoms with Crippen LogP contribution < -0.4 is 0 Å². The van der Waals surface area contributed by atoms with Gasteiger partial charge in [0.15, 0.2) is 0 Å². The minimum atomic E-state index is -0.0750. The molecule has 0 aromatic heterocycles. The van der Waals surface area contributed by atoms with Crippen LogP contribution in [0.2, 0.25) is 0 Å². The number of rotatable bonds is 2. The molecule has 2 nitrogen and oxygen atoms in total. The van der Waals surface area contributed by atoms with Crippen LogP contribution in [0.5, 0.6) is 0 Å². The van der Waals surface area contributed by atoms with Gasteiger partial charge < -0.3 is 5.11 Å². The normalized spacial score (nSPS) is 38.3.